The van der Waals surface area contributed by atoms with E-state index in [0.717, 1.165) is 0 Å². The Bertz CT molecular complexity index is 278. The summed E-state index contributed by atoms with van der Waals surface area (Å²) in [4.78, 5) is 2.90. The lowest BCUT2D eigenvalue weighted by atomic mass is 9.91. The molecular weight excluding hydrogens is 190 g/mol. The van der Waals surface area contributed by atoms with Crippen molar-refractivity contribution in [3.63, 3.8) is 0 Å². The summed E-state index contributed by atoms with van der Waals surface area (Å²) in [6.45, 7) is 9.04. The van der Waals surface area contributed by atoms with Crippen LogP contribution in [0.25, 0.3) is 0 Å². The van der Waals surface area contributed by atoms with Crippen molar-refractivity contribution in [3.05, 3.63) is 21.9 Å². The van der Waals surface area contributed by atoms with Crippen molar-refractivity contribution >= 4 is 11.3 Å². The van der Waals surface area contributed by atoms with Gasteiger partial charge in [0.25, 0.3) is 0 Å². The highest BCUT2D eigenvalue weighted by Gasteiger charge is 2.21. The molecule has 1 aromatic heterocycles. The molecule has 0 radical (unpaired) electrons. The number of nitrogens with one attached hydrogen (secondary N) is 1. The SMILES string of the molecule is CNC(C(C)C)C(C)c1ccc(C)s1. The molecule has 2 atom stereocenters. The minimum atomic E-state index is 0.577. The summed E-state index contributed by atoms with van der Waals surface area (Å²) in [6.07, 6.45) is 0. The molecule has 0 aliphatic rings. The first kappa shape index (κ1) is 11.7. The van der Waals surface area contributed by atoms with Crippen LogP contribution in [0.2, 0.25) is 0 Å². The molecular formula is C12H21NS. The summed E-state index contributed by atoms with van der Waals surface area (Å²) in [5.41, 5.74) is 0. The van der Waals surface area contributed by atoms with Crippen LogP contribution in [0.5, 0.6) is 0 Å². The van der Waals surface area contributed by atoms with Gasteiger partial charge in [-0.2, -0.15) is 0 Å². The van der Waals surface area contributed by atoms with Crippen LogP contribution in [0.3, 0.4) is 0 Å². The van der Waals surface area contributed by atoms with E-state index in [9.17, 15) is 0 Å². The minimum Gasteiger partial charge on any atom is -0.316 e. The zero-order valence-corrected chi connectivity index (χ0v) is 10.6. The Morgan fingerprint density at radius 2 is 1.86 bits per heavy atom. The lowest BCUT2D eigenvalue weighted by Crippen LogP contribution is -2.35. The summed E-state index contributed by atoms with van der Waals surface area (Å²) < 4.78 is 0. The lowest BCUT2D eigenvalue weighted by molar-refractivity contribution is 0.379. The molecule has 1 heterocycles. The molecule has 0 saturated carbocycles. The molecule has 14 heavy (non-hydrogen) atoms. The largest absolute Gasteiger partial charge is 0.316 e. The zero-order chi connectivity index (χ0) is 10.7. The van der Waals surface area contributed by atoms with Gasteiger partial charge in [-0.25, -0.2) is 0 Å². The van der Waals surface area contributed by atoms with E-state index in [0.29, 0.717) is 17.9 Å². The fraction of sp³-hybridized carbons (Fsp3) is 0.667. The Kier molecular flexibility index (Phi) is 4.14. The Balaban J connectivity index is 2.77. The van der Waals surface area contributed by atoms with Crippen molar-refractivity contribution in [1.29, 1.82) is 0 Å². The quantitative estimate of drug-likeness (QED) is 0.805. The summed E-state index contributed by atoms with van der Waals surface area (Å²) >= 11 is 1.92. The second-order valence-electron chi connectivity index (χ2n) is 4.30. The van der Waals surface area contributed by atoms with Crippen LogP contribution in [-0.2, 0) is 0 Å². The van der Waals surface area contributed by atoms with Gasteiger partial charge < -0.3 is 5.32 Å². The predicted octanol–water partition coefficient (Wildman–Crippen LogP) is 3.40. The summed E-state index contributed by atoms with van der Waals surface area (Å²) in [5.74, 6) is 1.29. The van der Waals surface area contributed by atoms with Gasteiger partial charge in [0.05, 0.1) is 0 Å². The van der Waals surface area contributed by atoms with Crippen LogP contribution in [0.15, 0.2) is 12.1 Å². The maximum atomic E-state index is 3.42. The smallest absolute Gasteiger partial charge is 0.0161 e. The molecule has 1 N–H and O–H groups in total. The molecule has 0 aromatic carbocycles. The number of rotatable bonds is 4. The molecule has 80 valence electrons. The van der Waals surface area contributed by atoms with Crippen LogP contribution in [0.4, 0.5) is 0 Å². The van der Waals surface area contributed by atoms with E-state index in [1.165, 1.54) is 9.75 Å². The van der Waals surface area contributed by atoms with Crippen LogP contribution in [0, 0.1) is 12.8 Å². The summed E-state index contributed by atoms with van der Waals surface area (Å²) in [5, 5.41) is 3.42. The van der Waals surface area contributed by atoms with Gasteiger partial charge in [-0.15, -0.1) is 11.3 Å². The normalized spacial score (nSPS) is 15.9. The lowest BCUT2D eigenvalue weighted by Gasteiger charge is -2.26. The first-order chi connectivity index (χ1) is 6.56. The number of likely N-dealkylation sites (N-methyl/N-ethyl adjacent to an activating group) is 1. The minimum absolute atomic E-state index is 0.577. The molecule has 1 nitrogen and oxygen atoms in total. The highest BCUT2D eigenvalue weighted by molar-refractivity contribution is 7.12. The summed E-state index contributed by atoms with van der Waals surface area (Å²) in [7, 11) is 2.06. The van der Waals surface area contributed by atoms with Crippen molar-refractivity contribution in [2.45, 2.75) is 39.7 Å². The van der Waals surface area contributed by atoms with E-state index in [2.05, 4.69) is 52.2 Å². The van der Waals surface area contributed by atoms with Gasteiger partial charge in [0, 0.05) is 21.7 Å². The van der Waals surface area contributed by atoms with Crippen LogP contribution < -0.4 is 5.32 Å². The van der Waals surface area contributed by atoms with Crippen molar-refractivity contribution in [2.75, 3.05) is 7.05 Å². The van der Waals surface area contributed by atoms with Crippen LogP contribution in [-0.4, -0.2) is 13.1 Å². The van der Waals surface area contributed by atoms with E-state index in [4.69, 9.17) is 0 Å². The third-order valence-electron chi connectivity index (χ3n) is 2.80. The monoisotopic (exact) mass is 211 g/mol. The molecule has 1 rings (SSSR count). The molecule has 1 aromatic rings. The Labute approximate surface area is 91.5 Å². The number of hydrogen-bond donors (Lipinski definition) is 1. The van der Waals surface area contributed by atoms with Gasteiger partial charge in [-0.05, 0) is 32.0 Å². The molecule has 0 fully saturated rings. The average Bonchev–Trinajstić information content (AvgIpc) is 2.52. The Morgan fingerprint density at radius 3 is 2.21 bits per heavy atom. The molecule has 0 saturated heterocycles. The second-order valence-corrected chi connectivity index (χ2v) is 5.62. The molecule has 2 heteroatoms. The van der Waals surface area contributed by atoms with E-state index in [-0.39, 0.29) is 0 Å². The molecule has 0 amide bonds. The van der Waals surface area contributed by atoms with Crippen molar-refractivity contribution in [1.82, 2.24) is 5.32 Å². The van der Waals surface area contributed by atoms with Crippen LogP contribution >= 0.6 is 11.3 Å². The number of thiophene rings is 1. The van der Waals surface area contributed by atoms with Gasteiger partial charge in [0.2, 0.25) is 0 Å². The molecule has 2 unspecified atom stereocenters. The fourth-order valence-electron chi connectivity index (χ4n) is 2.04. The predicted molar refractivity (Wildman–Crippen MR) is 65.2 cm³/mol. The highest BCUT2D eigenvalue weighted by atomic mass is 32.1. The average molecular weight is 211 g/mol. The standard InChI is InChI=1S/C12H21NS/c1-8(2)12(13-5)10(4)11-7-6-9(3)14-11/h6-8,10,12-13H,1-5H3. The van der Waals surface area contributed by atoms with E-state index < -0.39 is 0 Å². The topological polar surface area (TPSA) is 12.0 Å². The maximum Gasteiger partial charge on any atom is 0.0161 e. The fourth-order valence-corrected chi connectivity index (χ4v) is 3.01. The molecule has 0 aliphatic heterocycles. The first-order valence-electron chi connectivity index (χ1n) is 5.29. The van der Waals surface area contributed by atoms with Gasteiger partial charge in [0.1, 0.15) is 0 Å². The van der Waals surface area contributed by atoms with Crippen molar-refractivity contribution < 1.29 is 0 Å². The van der Waals surface area contributed by atoms with Gasteiger partial charge >= 0.3 is 0 Å². The second kappa shape index (κ2) is 4.94. The van der Waals surface area contributed by atoms with Crippen molar-refractivity contribution in [3.8, 4) is 0 Å². The van der Waals surface area contributed by atoms with Gasteiger partial charge in [-0.1, -0.05) is 20.8 Å². The maximum absolute atomic E-state index is 3.42. The van der Waals surface area contributed by atoms with E-state index in [1.807, 2.05) is 11.3 Å². The Morgan fingerprint density at radius 1 is 1.21 bits per heavy atom. The van der Waals surface area contributed by atoms with Gasteiger partial charge in [0.15, 0.2) is 0 Å². The van der Waals surface area contributed by atoms with Crippen LogP contribution in [0.1, 0.15) is 36.4 Å². The molecule has 0 aliphatic carbocycles. The van der Waals surface area contributed by atoms with Gasteiger partial charge in [-0.3, -0.25) is 0 Å². The Hall–Kier alpha value is -0.340. The number of aryl methyl sites for hydroxylation is 1. The van der Waals surface area contributed by atoms with E-state index >= 15 is 0 Å². The molecule has 0 bridgehead atoms. The third kappa shape index (κ3) is 2.58. The van der Waals surface area contributed by atoms with E-state index in [1.54, 1.807) is 0 Å². The van der Waals surface area contributed by atoms with Crippen molar-refractivity contribution in [2.24, 2.45) is 5.92 Å². The number of hydrogen-bond acceptors (Lipinski definition) is 2. The first-order valence-corrected chi connectivity index (χ1v) is 6.11. The third-order valence-corrected chi connectivity index (χ3v) is 4.00. The highest BCUT2D eigenvalue weighted by Crippen LogP contribution is 2.29. The summed E-state index contributed by atoms with van der Waals surface area (Å²) in [6, 6.07) is 5.05. The zero-order valence-electron chi connectivity index (χ0n) is 9.79. The molecule has 0 spiro atoms.